The van der Waals surface area contributed by atoms with Crippen molar-refractivity contribution in [1.29, 1.82) is 0 Å². The Kier molecular flexibility index (Phi) is 4.74. The highest BCUT2D eigenvalue weighted by atomic mass is 32.1. The molecule has 138 valence electrons. The fourth-order valence-corrected chi connectivity index (χ4v) is 3.64. The van der Waals surface area contributed by atoms with Gasteiger partial charge in [0.25, 0.3) is 0 Å². The minimum atomic E-state index is -0.0448. The van der Waals surface area contributed by atoms with Crippen molar-refractivity contribution in [2.75, 3.05) is 13.2 Å². The van der Waals surface area contributed by atoms with Gasteiger partial charge < -0.3 is 14.8 Å². The van der Waals surface area contributed by atoms with Crippen LogP contribution in [0.15, 0.2) is 53.6 Å². The van der Waals surface area contributed by atoms with Gasteiger partial charge in [-0.05, 0) is 35.9 Å². The van der Waals surface area contributed by atoms with Gasteiger partial charge in [-0.2, -0.15) is 5.10 Å². The summed E-state index contributed by atoms with van der Waals surface area (Å²) >= 11 is 1.21. The van der Waals surface area contributed by atoms with Gasteiger partial charge in [0.05, 0.1) is 28.7 Å². The Hall–Kier alpha value is -2.97. The standard InChI is InChI=1S/C19H18N4O3S/c1-12(13-2-4-16-17(10-13)27-19(25)21-16)15-6-7-23(22-15)18-5-3-14(11-20-18)26-9-8-24/h2-7,10-12,24H,8-9H2,1H3,(H,21,25)/t12-/m0/s1. The first-order valence-electron chi connectivity index (χ1n) is 8.52. The number of hydrogen-bond donors (Lipinski definition) is 2. The highest BCUT2D eigenvalue weighted by Gasteiger charge is 2.14. The van der Waals surface area contributed by atoms with Crippen LogP contribution >= 0.6 is 11.3 Å². The summed E-state index contributed by atoms with van der Waals surface area (Å²) < 4.78 is 7.98. The SMILES string of the molecule is C[C@@H](c1ccc2[nH]c(=O)sc2c1)c1ccn(-c2ccc(OCCO)cn2)n1. The number of aliphatic hydroxyl groups is 1. The van der Waals surface area contributed by atoms with E-state index in [1.54, 1.807) is 16.9 Å². The Morgan fingerprint density at radius 3 is 2.96 bits per heavy atom. The highest BCUT2D eigenvalue weighted by Crippen LogP contribution is 2.27. The molecule has 0 bridgehead atoms. The third kappa shape index (κ3) is 3.62. The monoisotopic (exact) mass is 382 g/mol. The molecular formula is C19H18N4O3S. The third-order valence-electron chi connectivity index (χ3n) is 4.31. The third-order valence-corrected chi connectivity index (χ3v) is 5.16. The number of ether oxygens (including phenoxy) is 1. The van der Waals surface area contributed by atoms with E-state index in [4.69, 9.17) is 9.84 Å². The van der Waals surface area contributed by atoms with Crippen molar-refractivity contribution >= 4 is 21.6 Å². The molecule has 0 saturated carbocycles. The van der Waals surface area contributed by atoms with Gasteiger partial charge in [0.1, 0.15) is 12.4 Å². The van der Waals surface area contributed by atoms with E-state index in [1.807, 2.05) is 36.5 Å². The quantitative estimate of drug-likeness (QED) is 0.535. The van der Waals surface area contributed by atoms with E-state index in [0.717, 1.165) is 21.5 Å². The van der Waals surface area contributed by atoms with Crippen LogP contribution in [0.25, 0.3) is 16.0 Å². The number of nitrogens with zero attached hydrogens (tertiary/aromatic N) is 3. The van der Waals surface area contributed by atoms with Crippen LogP contribution in [-0.2, 0) is 0 Å². The summed E-state index contributed by atoms with van der Waals surface area (Å²) in [5.41, 5.74) is 2.88. The number of aliphatic hydroxyl groups excluding tert-OH is 1. The topological polar surface area (TPSA) is 93.0 Å². The van der Waals surface area contributed by atoms with Gasteiger partial charge in [-0.1, -0.05) is 24.3 Å². The molecular weight excluding hydrogens is 364 g/mol. The molecule has 1 atom stereocenters. The zero-order valence-corrected chi connectivity index (χ0v) is 15.4. The second-order valence-corrected chi connectivity index (χ2v) is 7.12. The van der Waals surface area contributed by atoms with Gasteiger partial charge >= 0.3 is 4.87 Å². The summed E-state index contributed by atoms with van der Waals surface area (Å²) in [4.78, 5) is 18.6. The fourth-order valence-electron chi connectivity index (χ4n) is 2.86. The van der Waals surface area contributed by atoms with Crippen molar-refractivity contribution in [1.82, 2.24) is 19.7 Å². The van der Waals surface area contributed by atoms with E-state index < -0.39 is 0 Å². The number of fused-ring (bicyclic) bond motifs is 1. The first-order valence-corrected chi connectivity index (χ1v) is 9.34. The second-order valence-electron chi connectivity index (χ2n) is 6.10. The Morgan fingerprint density at radius 2 is 2.19 bits per heavy atom. The molecule has 0 saturated heterocycles. The molecule has 1 aromatic carbocycles. The zero-order valence-electron chi connectivity index (χ0n) is 14.6. The van der Waals surface area contributed by atoms with Crippen LogP contribution in [0.4, 0.5) is 0 Å². The van der Waals surface area contributed by atoms with Gasteiger partial charge in [-0.3, -0.25) is 4.79 Å². The molecule has 0 aliphatic rings. The molecule has 0 unspecified atom stereocenters. The van der Waals surface area contributed by atoms with Gasteiger partial charge in [0, 0.05) is 12.1 Å². The van der Waals surface area contributed by atoms with E-state index in [2.05, 4.69) is 22.0 Å². The number of nitrogens with one attached hydrogen (secondary N) is 1. The lowest BCUT2D eigenvalue weighted by molar-refractivity contribution is 0.201. The number of pyridine rings is 1. The van der Waals surface area contributed by atoms with Crippen molar-refractivity contribution in [3.05, 3.63) is 69.7 Å². The number of aromatic amines is 1. The van der Waals surface area contributed by atoms with E-state index >= 15 is 0 Å². The lowest BCUT2D eigenvalue weighted by Crippen LogP contribution is -2.04. The van der Waals surface area contributed by atoms with Crippen LogP contribution in [0.2, 0.25) is 0 Å². The molecule has 8 heteroatoms. The summed E-state index contributed by atoms with van der Waals surface area (Å²) in [5, 5.41) is 13.4. The summed E-state index contributed by atoms with van der Waals surface area (Å²) in [6.07, 6.45) is 3.48. The molecule has 4 rings (SSSR count). The molecule has 3 aromatic heterocycles. The summed E-state index contributed by atoms with van der Waals surface area (Å²) in [6.45, 7) is 2.29. The molecule has 3 heterocycles. The number of H-pyrrole nitrogens is 1. The number of hydrogen-bond acceptors (Lipinski definition) is 6. The number of thiazole rings is 1. The normalized spacial score (nSPS) is 12.4. The van der Waals surface area contributed by atoms with E-state index in [-0.39, 0.29) is 24.0 Å². The molecule has 4 aromatic rings. The first-order chi connectivity index (χ1) is 13.1. The fraction of sp³-hybridized carbons (Fsp3) is 0.211. The first kappa shape index (κ1) is 17.4. The number of benzene rings is 1. The minimum absolute atomic E-state index is 0.0341. The predicted octanol–water partition coefficient (Wildman–Crippen LogP) is 2.69. The van der Waals surface area contributed by atoms with Crippen LogP contribution < -0.4 is 9.61 Å². The van der Waals surface area contributed by atoms with Gasteiger partial charge in [0.15, 0.2) is 5.82 Å². The molecule has 0 amide bonds. The van der Waals surface area contributed by atoms with E-state index in [1.165, 1.54) is 11.3 Å². The molecule has 7 nitrogen and oxygen atoms in total. The van der Waals surface area contributed by atoms with Crippen LogP contribution in [0.5, 0.6) is 5.75 Å². The average molecular weight is 382 g/mol. The van der Waals surface area contributed by atoms with Crippen LogP contribution in [-0.4, -0.2) is 38.1 Å². The van der Waals surface area contributed by atoms with Gasteiger partial charge in [-0.25, -0.2) is 9.67 Å². The summed E-state index contributed by atoms with van der Waals surface area (Å²) in [5.74, 6) is 1.37. The van der Waals surface area contributed by atoms with Gasteiger partial charge in [0.2, 0.25) is 0 Å². The second kappa shape index (κ2) is 7.34. The van der Waals surface area contributed by atoms with E-state index in [9.17, 15) is 4.79 Å². The Morgan fingerprint density at radius 1 is 1.30 bits per heavy atom. The molecule has 2 N–H and O–H groups in total. The molecule has 27 heavy (non-hydrogen) atoms. The molecule has 0 aliphatic heterocycles. The highest BCUT2D eigenvalue weighted by molar-refractivity contribution is 7.16. The predicted molar refractivity (Wildman–Crippen MR) is 104 cm³/mol. The Balaban J connectivity index is 1.56. The molecule has 0 aliphatic carbocycles. The van der Waals surface area contributed by atoms with Crippen molar-refractivity contribution in [3.63, 3.8) is 0 Å². The smallest absolute Gasteiger partial charge is 0.305 e. The van der Waals surface area contributed by atoms with Crippen molar-refractivity contribution in [2.45, 2.75) is 12.8 Å². The molecule has 0 fully saturated rings. The maximum atomic E-state index is 11.5. The van der Waals surface area contributed by atoms with Gasteiger partial charge in [-0.15, -0.1) is 0 Å². The van der Waals surface area contributed by atoms with Crippen molar-refractivity contribution in [3.8, 4) is 11.6 Å². The largest absolute Gasteiger partial charge is 0.490 e. The Labute approximate surface area is 158 Å². The van der Waals surface area contributed by atoms with Crippen LogP contribution in [0.1, 0.15) is 24.1 Å². The summed E-state index contributed by atoms with van der Waals surface area (Å²) in [6, 6.07) is 11.6. The van der Waals surface area contributed by atoms with Crippen LogP contribution in [0.3, 0.4) is 0 Å². The Bertz CT molecular complexity index is 1110. The lowest BCUT2D eigenvalue weighted by atomic mass is 9.98. The lowest BCUT2D eigenvalue weighted by Gasteiger charge is -2.09. The maximum absolute atomic E-state index is 11.5. The molecule has 0 spiro atoms. The van der Waals surface area contributed by atoms with Crippen molar-refractivity contribution in [2.24, 2.45) is 0 Å². The maximum Gasteiger partial charge on any atom is 0.305 e. The average Bonchev–Trinajstić information content (AvgIpc) is 3.31. The van der Waals surface area contributed by atoms with E-state index in [0.29, 0.717) is 11.6 Å². The summed E-state index contributed by atoms with van der Waals surface area (Å²) in [7, 11) is 0. The zero-order chi connectivity index (χ0) is 18.8. The van der Waals surface area contributed by atoms with Crippen molar-refractivity contribution < 1.29 is 9.84 Å². The van der Waals surface area contributed by atoms with Crippen LogP contribution in [0, 0.1) is 0 Å². The number of aromatic nitrogens is 4. The number of rotatable bonds is 6. The minimum Gasteiger partial charge on any atom is -0.490 e. The molecule has 0 radical (unpaired) electrons.